The fourth-order valence-electron chi connectivity index (χ4n) is 3.60. The predicted molar refractivity (Wildman–Crippen MR) is 120 cm³/mol. The van der Waals surface area contributed by atoms with Gasteiger partial charge in [0.15, 0.2) is 12.0 Å². The van der Waals surface area contributed by atoms with Gasteiger partial charge in [0.1, 0.15) is 24.3 Å². The number of aromatic nitrogens is 2. The molecule has 0 radical (unpaired) electrons. The van der Waals surface area contributed by atoms with Crippen LogP contribution in [0.25, 0.3) is 10.4 Å². The minimum Gasteiger partial charge on any atom is -0.465 e. The molecule has 0 amide bonds. The summed E-state index contributed by atoms with van der Waals surface area (Å²) < 4.78 is 22.7. The first-order valence-electron chi connectivity index (χ1n) is 11.3. The second-order valence-electron chi connectivity index (χ2n) is 7.83. The molecule has 0 aliphatic carbocycles. The smallest absolute Gasteiger partial charge is 0.351 e. The number of esters is 3. The van der Waals surface area contributed by atoms with Gasteiger partial charge in [-0.3, -0.25) is 19.0 Å². The number of carbonyl (C=O) groups excluding carboxylic acids is 3. The summed E-state index contributed by atoms with van der Waals surface area (Å²) in [7, 11) is 0. The molecule has 0 bridgehead atoms. The standard InChI is InChI=1S/C21H30N6O8/c1-4-7-14(28)34-12-21(25-26-23)16(19(30)33-11-6-3)15(18(29)32-10-5-2)17(35-21)27-9-8-13(22)24-20(27)31/h8-9,15-17H,4-7,10-12H2,1-3H3,(H2,22,24,31)/t15-,16-,17?,21-/m1/s1. The quantitative estimate of drug-likeness (QED) is 0.147. The Morgan fingerprint density at radius 2 is 1.83 bits per heavy atom. The topological polar surface area (TPSA) is 198 Å². The number of hydrogen-bond acceptors (Lipinski definition) is 11. The van der Waals surface area contributed by atoms with Crippen molar-refractivity contribution in [1.82, 2.24) is 9.55 Å². The lowest BCUT2D eigenvalue weighted by Gasteiger charge is -2.28. The van der Waals surface area contributed by atoms with Crippen LogP contribution in [-0.4, -0.2) is 53.0 Å². The van der Waals surface area contributed by atoms with Crippen molar-refractivity contribution in [3.8, 4) is 0 Å². The molecule has 1 saturated heterocycles. The lowest BCUT2D eigenvalue weighted by molar-refractivity contribution is -0.171. The van der Waals surface area contributed by atoms with Crippen molar-refractivity contribution in [2.75, 3.05) is 25.6 Å². The Bertz CT molecular complexity index is 1020. The van der Waals surface area contributed by atoms with E-state index >= 15 is 0 Å². The molecular formula is C21H30N6O8. The van der Waals surface area contributed by atoms with E-state index in [1.54, 1.807) is 20.8 Å². The van der Waals surface area contributed by atoms with Gasteiger partial charge in [0, 0.05) is 17.5 Å². The van der Waals surface area contributed by atoms with Crippen LogP contribution in [-0.2, 0) is 33.3 Å². The van der Waals surface area contributed by atoms with Gasteiger partial charge in [-0.1, -0.05) is 25.9 Å². The summed E-state index contributed by atoms with van der Waals surface area (Å²) in [5.41, 5.74) is 11.8. The molecule has 192 valence electrons. The molecule has 35 heavy (non-hydrogen) atoms. The van der Waals surface area contributed by atoms with Crippen LogP contribution in [0.2, 0.25) is 0 Å². The number of anilines is 1. The van der Waals surface area contributed by atoms with Crippen LogP contribution in [0.4, 0.5) is 5.82 Å². The molecule has 1 fully saturated rings. The molecule has 1 aromatic heterocycles. The number of rotatable bonds is 12. The average molecular weight is 495 g/mol. The number of nitrogens with two attached hydrogens (primary N) is 1. The van der Waals surface area contributed by atoms with E-state index in [0.29, 0.717) is 19.3 Å². The fraction of sp³-hybridized carbons (Fsp3) is 0.667. The highest BCUT2D eigenvalue weighted by Gasteiger charge is 2.63. The SMILES string of the molecule is CCCOC(=O)[C@H]1C(n2ccc(N)nc2=O)O[C@@](COC(=O)CCC)(N=[N+]=[N-])[C@H]1C(=O)OCCC. The van der Waals surface area contributed by atoms with Crippen LogP contribution >= 0.6 is 0 Å². The molecule has 2 rings (SSSR count). The number of azide groups is 1. The summed E-state index contributed by atoms with van der Waals surface area (Å²) >= 11 is 0. The van der Waals surface area contributed by atoms with Gasteiger partial charge in [-0.15, -0.1) is 0 Å². The Morgan fingerprint density at radius 1 is 1.17 bits per heavy atom. The molecule has 1 aliphatic heterocycles. The Hall–Kier alpha value is -3.64. The van der Waals surface area contributed by atoms with Crippen LogP contribution in [0.5, 0.6) is 0 Å². The van der Waals surface area contributed by atoms with Crippen molar-refractivity contribution in [2.24, 2.45) is 17.0 Å². The zero-order valence-electron chi connectivity index (χ0n) is 19.9. The molecule has 0 spiro atoms. The first kappa shape index (κ1) is 27.6. The van der Waals surface area contributed by atoms with Gasteiger partial charge in [-0.2, -0.15) is 4.98 Å². The van der Waals surface area contributed by atoms with E-state index in [1.807, 2.05) is 0 Å². The van der Waals surface area contributed by atoms with Crippen molar-refractivity contribution >= 4 is 23.7 Å². The largest absolute Gasteiger partial charge is 0.465 e. The van der Waals surface area contributed by atoms with Gasteiger partial charge in [0.25, 0.3) is 0 Å². The van der Waals surface area contributed by atoms with E-state index in [0.717, 1.165) is 4.57 Å². The highest BCUT2D eigenvalue weighted by molar-refractivity contribution is 5.84. The van der Waals surface area contributed by atoms with E-state index in [9.17, 15) is 24.7 Å². The maximum Gasteiger partial charge on any atom is 0.351 e. The summed E-state index contributed by atoms with van der Waals surface area (Å²) in [5.74, 6) is -5.65. The van der Waals surface area contributed by atoms with E-state index in [2.05, 4.69) is 15.0 Å². The Morgan fingerprint density at radius 3 is 2.40 bits per heavy atom. The molecule has 1 unspecified atom stereocenters. The van der Waals surface area contributed by atoms with Gasteiger partial charge in [-0.05, 0) is 30.9 Å². The van der Waals surface area contributed by atoms with Crippen LogP contribution < -0.4 is 11.4 Å². The fourth-order valence-corrected chi connectivity index (χ4v) is 3.60. The number of ether oxygens (including phenoxy) is 4. The van der Waals surface area contributed by atoms with Crippen molar-refractivity contribution in [3.05, 3.63) is 33.2 Å². The van der Waals surface area contributed by atoms with Gasteiger partial charge in [-0.25, -0.2) is 4.79 Å². The Labute approximate surface area is 201 Å². The summed E-state index contributed by atoms with van der Waals surface area (Å²) in [6.07, 6.45) is 1.21. The minimum absolute atomic E-state index is 0.00206. The molecule has 14 nitrogen and oxygen atoms in total. The molecule has 0 aromatic carbocycles. The zero-order chi connectivity index (χ0) is 26.0. The van der Waals surface area contributed by atoms with Crippen LogP contribution in [0.3, 0.4) is 0 Å². The summed E-state index contributed by atoms with van der Waals surface area (Å²) in [4.78, 5) is 57.5. The monoisotopic (exact) mass is 494 g/mol. The number of carbonyl (C=O) groups is 3. The van der Waals surface area contributed by atoms with Gasteiger partial charge >= 0.3 is 23.6 Å². The third kappa shape index (κ3) is 6.49. The number of nitrogen functional groups attached to an aromatic ring is 1. The molecule has 1 aliphatic rings. The molecule has 14 heteroatoms. The lowest BCUT2D eigenvalue weighted by Crippen LogP contribution is -2.46. The first-order chi connectivity index (χ1) is 16.7. The second kappa shape index (κ2) is 12.7. The Balaban J connectivity index is 2.67. The van der Waals surface area contributed by atoms with Crippen molar-refractivity contribution in [2.45, 2.75) is 58.4 Å². The molecule has 0 saturated carbocycles. The summed E-state index contributed by atoms with van der Waals surface area (Å²) in [6.45, 7) is 4.62. The van der Waals surface area contributed by atoms with Gasteiger partial charge < -0.3 is 24.7 Å². The Kier molecular flexibility index (Phi) is 10.0. The zero-order valence-corrected chi connectivity index (χ0v) is 19.9. The second-order valence-corrected chi connectivity index (χ2v) is 7.83. The highest BCUT2D eigenvalue weighted by atomic mass is 16.6. The van der Waals surface area contributed by atoms with Crippen LogP contribution in [0.1, 0.15) is 52.7 Å². The molecule has 2 heterocycles. The third-order valence-corrected chi connectivity index (χ3v) is 5.13. The van der Waals surface area contributed by atoms with Crippen molar-refractivity contribution in [3.63, 3.8) is 0 Å². The molecule has 1 aromatic rings. The van der Waals surface area contributed by atoms with Crippen LogP contribution in [0, 0.1) is 11.8 Å². The third-order valence-electron chi connectivity index (χ3n) is 5.13. The van der Waals surface area contributed by atoms with Crippen LogP contribution in [0.15, 0.2) is 22.2 Å². The maximum absolute atomic E-state index is 13.2. The van der Waals surface area contributed by atoms with Crippen molar-refractivity contribution < 1.29 is 33.3 Å². The minimum atomic E-state index is -2.20. The predicted octanol–water partition coefficient (Wildman–Crippen LogP) is 1.84. The number of nitrogens with zero attached hydrogens (tertiary/aromatic N) is 5. The normalized spacial score (nSPS) is 23.2. The average Bonchev–Trinajstić information content (AvgIpc) is 3.15. The summed E-state index contributed by atoms with van der Waals surface area (Å²) in [6, 6.07) is 1.29. The van der Waals surface area contributed by atoms with Gasteiger partial charge in [0.05, 0.1) is 13.2 Å². The van der Waals surface area contributed by atoms with E-state index in [1.165, 1.54) is 12.3 Å². The van der Waals surface area contributed by atoms with Gasteiger partial charge in [0.2, 0.25) is 0 Å². The van der Waals surface area contributed by atoms with E-state index in [-0.39, 0.29) is 25.5 Å². The highest BCUT2D eigenvalue weighted by Crippen LogP contribution is 2.48. The molecule has 2 N–H and O–H groups in total. The lowest BCUT2D eigenvalue weighted by atomic mass is 9.85. The summed E-state index contributed by atoms with van der Waals surface area (Å²) in [5, 5.41) is 3.65. The van der Waals surface area contributed by atoms with E-state index in [4.69, 9.17) is 24.7 Å². The molecule has 4 atom stereocenters. The van der Waals surface area contributed by atoms with Crippen molar-refractivity contribution in [1.29, 1.82) is 0 Å². The first-order valence-corrected chi connectivity index (χ1v) is 11.3. The number of hydrogen-bond donors (Lipinski definition) is 1. The maximum atomic E-state index is 13.2. The van der Waals surface area contributed by atoms with E-state index < -0.39 is 54.0 Å². The molecular weight excluding hydrogens is 464 g/mol.